The summed E-state index contributed by atoms with van der Waals surface area (Å²) >= 11 is 0. The molecule has 4 N–H and O–H groups in total. The van der Waals surface area contributed by atoms with Gasteiger partial charge in [0.05, 0.1) is 12.5 Å². The molecule has 1 fully saturated rings. The first kappa shape index (κ1) is 21.4. The SMILES string of the molecule is CCC[C@H](NC(=O)c1cc2ccccc2[nH]1)C(=O)N[C@H](CC#N)C[C@@H]1CCNC1=O. The molecular formula is C22H27N5O3. The third kappa shape index (κ3) is 5.17. The van der Waals surface area contributed by atoms with Crippen LogP contribution in [0.15, 0.2) is 30.3 Å². The van der Waals surface area contributed by atoms with E-state index in [9.17, 15) is 14.4 Å². The van der Waals surface area contributed by atoms with Gasteiger partial charge in [-0.25, -0.2) is 0 Å². The number of nitrogens with zero attached hydrogens (tertiary/aromatic N) is 1. The van der Waals surface area contributed by atoms with Crippen LogP contribution in [-0.2, 0) is 9.59 Å². The van der Waals surface area contributed by atoms with Crippen molar-refractivity contribution in [3.63, 3.8) is 0 Å². The Morgan fingerprint density at radius 3 is 2.77 bits per heavy atom. The van der Waals surface area contributed by atoms with Gasteiger partial charge in [0, 0.05) is 29.4 Å². The third-order valence-corrected chi connectivity index (χ3v) is 5.39. The third-order valence-electron chi connectivity index (χ3n) is 5.39. The number of aromatic amines is 1. The van der Waals surface area contributed by atoms with E-state index in [1.807, 2.05) is 31.2 Å². The Morgan fingerprint density at radius 1 is 1.30 bits per heavy atom. The second-order valence-electron chi connectivity index (χ2n) is 7.67. The average Bonchev–Trinajstić information content (AvgIpc) is 3.34. The fourth-order valence-electron chi connectivity index (χ4n) is 3.81. The molecule has 2 heterocycles. The molecule has 3 rings (SSSR count). The average molecular weight is 409 g/mol. The molecule has 1 saturated heterocycles. The van der Waals surface area contributed by atoms with Crippen LogP contribution in [0.2, 0.25) is 0 Å². The number of hydrogen-bond donors (Lipinski definition) is 4. The smallest absolute Gasteiger partial charge is 0.268 e. The van der Waals surface area contributed by atoms with Crippen LogP contribution in [0, 0.1) is 17.2 Å². The highest BCUT2D eigenvalue weighted by Gasteiger charge is 2.29. The van der Waals surface area contributed by atoms with Gasteiger partial charge in [0.1, 0.15) is 11.7 Å². The monoisotopic (exact) mass is 409 g/mol. The lowest BCUT2D eigenvalue weighted by molar-refractivity contribution is -0.125. The number of amides is 3. The van der Waals surface area contributed by atoms with Gasteiger partial charge in [0.2, 0.25) is 11.8 Å². The lowest BCUT2D eigenvalue weighted by atomic mass is 9.96. The molecule has 0 bridgehead atoms. The van der Waals surface area contributed by atoms with Crippen LogP contribution in [0.1, 0.15) is 49.5 Å². The quantitative estimate of drug-likeness (QED) is 0.505. The normalized spacial score (nSPS) is 17.7. The van der Waals surface area contributed by atoms with E-state index in [1.54, 1.807) is 6.07 Å². The molecule has 1 aliphatic rings. The molecule has 0 radical (unpaired) electrons. The fraction of sp³-hybridized carbons (Fsp3) is 0.455. The van der Waals surface area contributed by atoms with E-state index in [4.69, 9.17) is 5.26 Å². The van der Waals surface area contributed by atoms with Gasteiger partial charge in [-0.15, -0.1) is 0 Å². The summed E-state index contributed by atoms with van der Waals surface area (Å²) in [7, 11) is 0. The summed E-state index contributed by atoms with van der Waals surface area (Å²) in [6, 6.07) is 10.3. The van der Waals surface area contributed by atoms with Gasteiger partial charge in [0.15, 0.2) is 0 Å². The summed E-state index contributed by atoms with van der Waals surface area (Å²) in [5.41, 5.74) is 1.24. The summed E-state index contributed by atoms with van der Waals surface area (Å²) < 4.78 is 0. The van der Waals surface area contributed by atoms with E-state index in [0.717, 1.165) is 10.9 Å². The van der Waals surface area contributed by atoms with Crippen molar-refractivity contribution in [1.82, 2.24) is 20.9 Å². The summed E-state index contributed by atoms with van der Waals surface area (Å²) in [6.45, 7) is 2.56. The number of benzene rings is 1. The van der Waals surface area contributed by atoms with Gasteiger partial charge < -0.3 is 20.9 Å². The van der Waals surface area contributed by atoms with Crippen molar-refractivity contribution in [2.75, 3.05) is 6.54 Å². The number of aromatic nitrogens is 1. The predicted molar refractivity (Wildman–Crippen MR) is 112 cm³/mol. The van der Waals surface area contributed by atoms with Gasteiger partial charge in [0.25, 0.3) is 5.91 Å². The Bertz CT molecular complexity index is 928. The number of para-hydroxylation sites is 1. The predicted octanol–water partition coefficient (Wildman–Crippen LogP) is 1.99. The van der Waals surface area contributed by atoms with E-state index >= 15 is 0 Å². The number of carbonyl (C=O) groups excluding carboxylic acids is 3. The molecule has 1 aromatic heterocycles. The Kier molecular flexibility index (Phi) is 7.07. The Balaban J connectivity index is 1.65. The van der Waals surface area contributed by atoms with Gasteiger partial charge in [-0.3, -0.25) is 14.4 Å². The first-order chi connectivity index (χ1) is 14.5. The molecule has 0 unspecified atom stereocenters. The number of rotatable bonds is 9. The molecule has 3 amide bonds. The van der Waals surface area contributed by atoms with Crippen LogP contribution in [-0.4, -0.2) is 41.3 Å². The van der Waals surface area contributed by atoms with E-state index < -0.39 is 12.1 Å². The van der Waals surface area contributed by atoms with Crippen molar-refractivity contribution in [3.05, 3.63) is 36.0 Å². The van der Waals surface area contributed by atoms with E-state index in [1.165, 1.54) is 0 Å². The molecule has 3 atom stereocenters. The second kappa shape index (κ2) is 9.92. The van der Waals surface area contributed by atoms with Crippen molar-refractivity contribution >= 4 is 28.6 Å². The second-order valence-corrected chi connectivity index (χ2v) is 7.67. The lowest BCUT2D eigenvalue weighted by Crippen LogP contribution is -2.50. The van der Waals surface area contributed by atoms with E-state index in [-0.39, 0.29) is 30.1 Å². The fourth-order valence-corrected chi connectivity index (χ4v) is 3.81. The maximum atomic E-state index is 12.9. The van der Waals surface area contributed by atoms with Gasteiger partial charge in [-0.2, -0.15) is 5.26 Å². The first-order valence-electron chi connectivity index (χ1n) is 10.4. The molecular weight excluding hydrogens is 382 g/mol. The number of fused-ring (bicyclic) bond motifs is 1. The van der Waals surface area contributed by atoms with Gasteiger partial charge in [-0.1, -0.05) is 31.5 Å². The Labute approximate surface area is 175 Å². The topological polar surface area (TPSA) is 127 Å². The number of H-pyrrole nitrogens is 1. The lowest BCUT2D eigenvalue weighted by Gasteiger charge is -2.23. The van der Waals surface area contributed by atoms with E-state index in [0.29, 0.717) is 37.9 Å². The summed E-state index contributed by atoms with van der Waals surface area (Å²) in [4.78, 5) is 40.5. The molecule has 1 aliphatic heterocycles. The van der Waals surface area contributed by atoms with Crippen molar-refractivity contribution in [3.8, 4) is 6.07 Å². The summed E-state index contributed by atoms with van der Waals surface area (Å²) in [6.07, 6.45) is 2.41. The standard InChI is InChI=1S/C22H27N5O3/c1-2-5-18(27-22(30)19-13-14-6-3-4-7-17(14)26-19)21(29)25-16(8-10-23)12-15-9-11-24-20(15)28/h3-4,6-7,13,15-16,18,26H,2,5,8-9,11-12H2,1H3,(H,24,28)(H,25,29)(H,27,30)/t15-,16+,18-/m0/s1. The minimum Gasteiger partial charge on any atom is -0.356 e. The highest BCUT2D eigenvalue weighted by molar-refractivity contribution is 6.00. The highest BCUT2D eigenvalue weighted by atomic mass is 16.2. The summed E-state index contributed by atoms with van der Waals surface area (Å²) in [5.74, 6) is -0.926. The van der Waals surface area contributed by atoms with Crippen molar-refractivity contribution in [2.24, 2.45) is 5.92 Å². The minimum absolute atomic E-state index is 0.0376. The van der Waals surface area contributed by atoms with Crippen molar-refractivity contribution < 1.29 is 14.4 Å². The molecule has 8 heteroatoms. The zero-order valence-corrected chi connectivity index (χ0v) is 17.0. The molecule has 30 heavy (non-hydrogen) atoms. The molecule has 2 aromatic rings. The molecule has 8 nitrogen and oxygen atoms in total. The summed E-state index contributed by atoms with van der Waals surface area (Å²) in [5, 5.41) is 18.5. The largest absolute Gasteiger partial charge is 0.356 e. The molecule has 1 aromatic carbocycles. The maximum Gasteiger partial charge on any atom is 0.268 e. The number of carbonyl (C=O) groups is 3. The van der Waals surface area contributed by atoms with E-state index in [2.05, 4.69) is 27.0 Å². The van der Waals surface area contributed by atoms with Crippen molar-refractivity contribution in [2.45, 2.75) is 51.1 Å². The maximum absolute atomic E-state index is 12.9. The van der Waals surface area contributed by atoms with Crippen LogP contribution in [0.25, 0.3) is 10.9 Å². The molecule has 0 saturated carbocycles. The zero-order chi connectivity index (χ0) is 21.5. The van der Waals surface area contributed by atoms with Gasteiger partial charge >= 0.3 is 0 Å². The highest BCUT2D eigenvalue weighted by Crippen LogP contribution is 2.18. The zero-order valence-electron chi connectivity index (χ0n) is 17.0. The number of hydrogen-bond acceptors (Lipinski definition) is 4. The number of nitrogens with one attached hydrogen (secondary N) is 4. The Morgan fingerprint density at radius 2 is 2.10 bits per heavy atom. The van der Waals surface area contributed by atoms with Crippen LogP contribution >= 0.6 is 0 Å². The molecule has 158 valence electrons. The van der Waals surface area contributed by atoms with Gasteiger partial charge in [-0.05, 0) is 31.4 Å². The van der Waals surface area contributed by atoms with Crippen LogP contribution in [0.5, 0.6) is 0 Å². The number of nitriles is 1. The Hall–Kier alpha value is -3.34. The van der Waals surface area contributed by atoms with Crippen LogP contribution < -0.4 is 16.0 Å². The van der Waals surface area contributed by atoms with Crippen LogP contribution in [0.3, 0.4) is 0 Å². The molecule has 0 aliphatic carbocycles. The molecule has 0 spiro atoms. The van der Waals surface area contributed by atoms with Crippen LogP contribution in [0.4, 0.5) is 0 Å². The first-order valence-corrected chi connectivity index (χ1v) is 10.4. The van der Waals surface area contributed by atoms with Crippen molar-refractivity contribution in [1.29, 1.82) is 5.26 Å². The minimum atomic E-state index is -0.715.